The number of benzene rings is 2. The van der Waals surface area contributed by atoms with Crippen LogP contribution in [-0.2, 0) is 16.3 Å². The first-order chi connectivity index (χ1) is 18.6. The number of aromatic hydroxyl groups is 1. The Kier molecular flexibility index (Phi) is 8.25. The van der Waals surface area contributed by atoms with Crippen LogP contribution in [0.15, 0.2) is 75.2 Å². The number of nitrogens with zero attached hydrogens (tertiary/aromatic N) is 3. The summed E-state index contributed by atoms with van der Waals surface area (Å²) in [6, 6.07) is 13.5. The molecule has 2 aromatic carbocycles. The van der Waals surface area contributed by atoms with Gasteiger partial charge in [0.25, 0.3) is 5.56 Å². The molecule has 0 aliphatic carbocycles. The number of aryl methyl sites for hydroxylation is 2. The van der Waals surface area contributed by atoms with Gasteiger partial charge in [0, 0.05) is 17.7 Å². The van der Waals surface area contributed by atoms with E-state index in [1.54, 1.807) is 25.1 Å². The molecule has 0 radical (unpaired) electrons. The van der Waals surface area contributed by atoms with E-state index < -0.39 is 44.0 Å². The van der Waals surface area contributed by atoms with Gasteiger partial charge in [-0.05, 0) is 67.3 Å². The molecule has 0 spiro atoms. The molecule has 1 N–H and O–H groups in total. The first-order valence-corrected chi connectivity index (χ1v) is 14.1. The molecular weight excluding hydrogens is 524 g/mol. The second-order valence-electron chi connectivity index (χ2n) is 9.23. The van der Waals surface area contributed by atoms with Crippen molar-refractivity contribution in [1.29, 1.82) is 0 Å². The highest BCUT2D eigenvalue weighted by molar-refractivity contribution is 7.91. The molecule has 4 aromatic rings. The van der Waals surface area contributed by atoms with Crippen molar-refractivity contribution >= 4 is 9.84 Å². The molecule has 1 unspecified atom stereocenters. The van der Waals surface area contributed by atoms with Crippen molar-refractivity contribution in [1.82, 2.24) is 14.5 Å². The Labute approximate surface area is 225 Å². The van der Waals surface area contributed by atoms with Crippen LogP contribution in [0.2, 0.25) is 0 Å². The second-order valence-corrected chi connectivity index (χ2v) is 11.1. The van der Waals surface area contributed by atoms with Gasteiger partial charge in [-0.1, -0.05) is 44.5 Å². The molecule has 0 bridgehead atoms. The maximum absolute atomic E-state index is 13.9. The molecule has 1 atom stereocenters. The highest BCUT2D eigenvalue weighted by atomic mass is 32.2. The summed E-state index contributed by atoms with van der Waals surface area (Å²) in [6.45, 7) is 5.43. The van der Waals surface area contributed by atoms with Crippen molar-refractivity contribution < 1.29 is 22.3 Å². The van der Waals surface area contributed by atoms with Crippen molar-refractivity contribution in [3.8, 4) is 17.0 Å². The molecule has 0 aliphatic rings. The summed E-state index contributed by atoms with van der Waals surface area (Å²) in [5.41, 5.74) is 1.38. The molecule has 4 rings (SSSR count). The molecule has 0 saturated heterocycles. The Morgan fingerprint density at radius 2 is 1.62 bits per heavy atom. The van der Waals surface area contributed by atoms with E-state index in [9.17, 15) is 27.1 Å². The van der Waals surface area contributed by atoms with E-state index >= 15 is 0 Å². The van der Waals surface area contributed by atoms with Gasteiger partial charge in [-0.15, -0.1) is 0 Å². The highest BCUT2D eigenvalue weighted by Gasteiger charge is 2.31. The smallest absolute Gasteiger partial charge is 0.277 e. The van der Waals surface area contributed by atoms with Gasteiger partial charge in [0.05, 0.1) is 10.9 Å². The van der Waals surface area contributed by atoms with Gasteiger partial charge in [-0.25, -0.2) is 17.8 Å². The Morgan fingerprint density at radius 3 is 2.21 bits per heavy atom. The maximum Gasteiger partial charge on any atom is 0.277 e. The fraction of sp³-hybridized carbons (Fsp3) is 0.276. The number of halogens is 2. The number of sulfone groups is 1. The summed E-state index contributed by atoms with van der Waals surface area (Å²) in [5, 5.41) is 10.8. The highest BCUT2D eigenvalue weighted by Crippen LogP contribution is 2.30. The minimum Gasteiger partial charge on any atom is -0.492 e. The Balaban J connectivity index is 1.85. The van der Waals surface area contributed by atoms with Gasteiger partial charge in [-0.3, -0.25) is 9.36 Å². The summed E-state index contributed by atoms with van der Waals surface area (Å²) in [4.78, 5) is 20.8. The maximum atomic E-state index is 13.9. The molecule has 0 amide bonds. The van der Waals surface area contributed by atoms with Crippen LogP contribution in [-0.4, -0.2) is 28.1 Å². The van der Waals surface area contributed by atoms with Crippen LogP contribution in [0.3, 0.4) is 0 Å². The Hall–Kier alpha value is -3.92. The SMILES string of the molecule is CCCCc1nc(O)c(S(=O)(=O)c2ccc(-c3ccc(F)nc3C)cc2)c(=O)n1C(CC)c1ccc(F)cc1. The topological polar surface area (TPSA) is 102 Å². The van der Waals surface area contributed by atoms with Crippen molar-refractivity contribution in [3.63, 3.8) is 0 Å². The molecule has 0 fully saturated rings. The molecule has 0 saturated carbocycles. The van der Waals surface area contributed by atoms with E-state index in [0.29, 0.717) is 41.6 Å². The van der Waals surface area contributed by atoms with Crippen molar-refractivity contribution in [3.05, 3.63) is 99.9 Å². The molecule has 7 nitrogen and oxygen atoms in total. The van der Waals surface area contributed by atoms with E-state index in [1.165, 1.54) is 47.0 Å². The number of rotatable bonds is 9. The minimum atomic E-state index is -4.49. The lowest BCUT2D eigenvalue weighted by Crippen LogP contribution is -2.33. The molecule has 204 valence electrons. The Bertz CT molecular complexity index is 1650. The zero-order chi connectivity index (χ0) is 28.3. The van der Waals surface area contributed by atoms with E-state index in [2.05, 4.69) is 9.97 Å². The first kappa shape index (κ1) is 28.1. The van der Waals surface area contributed by atoms with E-state index in [0.717, 1.165) is 6.42 Å². The third-order valence-electron chi connectivity index (χ3n) is 6.63. The summed E-state index contributed by atoms with van der Waals surface area (Å²) >= 11 is 0. The van der Waals surface area contributed by atoms with Crippen molar-refractivity contribution in [2.45, 2.75) is 62.3 Å². The third-order valence-corrected chi connectivity index (χ3v) is 8.42. The lowest BCUT2D eigenvalue weighted by Gasteiger charge is -2.23. The summed E-state index contributed by atoms with van der Waals surface area (Å²) < 4.78 is 55.7. The monoisotopic (exact) mass is 553 g/mol. The molecule has 39 heavy (non-hydrogen) atoms. The van der Waals surface area contributed by atoms with Gasteiger partial charge < -0.3 is 5.11 Å². The fourth-order valence-corrected chi connectivity index (χ4v) is 5.98. The van der Waals surface area contributed by atoms with Crippen LogP contribution in [0.25, 0.3) is 11.1 Å². The lowest BCUT2D eigenvalue weighted by atomic mass is 10.0. The normalized spacial score (nSPS) is 12.4. The number of pyridine rings is 1. The van der Waals surface area contributed by atoms with Gasteiger partial charge in [-0.2, -0.15) is 9.37 Å². The zero-order valence-electron chi connectivity index (χ0n) is 21.9. The standard InChI is InChI=1S/C29H29F2N3O4S/c1-4-6-7-26-33-28(35)27(29(36)34(26)24(5-2)20-8-12-21(30)13-9-20)39(37,38)22-14-10-19(11-15-22)23-16-17-25(31)32-18(23)3/h8-17,24,35H,4-7H2,1-3H3. The second kappa shape index (κ2) is 11.4. The van der Waals surface area contributed by atoms with Crippen LogP contribution in [0.1, 0.15) is 56.2 Å². The van der Waals surface area contributed by atoms with E-state index in [1.807, 2.05) is 13.8 Å². The van der Waals surface area contributed by atoms with Gasteiger partial charge >= 0.3 is 0 Å². The third kappa shape index (κ3) is 5.61. The molecule has 10 heteroatoms. The van der Waals surface area contributed by atoms with Crippen LogP contribution >= 0.6 is 0 Å². The summed E-state index contributed by atoms with van der Waals surface area (Å²) in [7, 11) is -4.49. The molecule has 0 aliphatic heterocycles. The quantitative estimate of drug-likeness (QED) is 0.264. The number of unbranched alkanes of at least 4 members (excludes halogenated alkanes) is 1. The zero-order valence-corrected chi connectivity index (χ0v) is 22.7. The predicted molar refractivity (Wildman–Crippen MR) is 143 cm³/mol. The molecular formula is C29H29F2N3O4S. The average Bonchev–Trinajstić information content (AvgIpc) is 2.90. The van der Waals surface area contributed by atoms with Crippen LogP contribution < -0.4 is 5.56 Å². The average molecular weight is 554 g/mol. The van der Waals surface area contributed by atoms with Gasteiger partial charge in [0.1, 0.15) is 11.6 Å². The van der Waals surface area contributed by atoms with E-state index in [-0.39, 0.29) is 10.7 Å². The fourth-order valence-electron chi connectivity index (χ4n) is 4.64. The van der Waals surface area contributed by atoms with Crippen LogP contribution in [0.5, 0.6) is 5.88 Å². The number of hydrogen-bond acceptors (Lipinski definition) is 6. The van der Waals surface area contributed by atoms with Gasteiger partial charge in [0.15, 0.2) is 4.90 Å². The number of aromatic nitrogens is 3. The van der Waals surface area contributed by atoms with Crippen LogP contribution in [0.4, 0.5) is 8.78 Å². The number of hydrogen-bond donors (Lipinski definition) is 1. The summed E-state index contributed by atoms with van der Waals surface area (Å²) in [6.07, 6.45) is 2.20. The van der Waals surface area contributed by atoms with E-state index in [4.69, 9.17) is 0 Å². The molecule has 2 heterocycles. The van der Waals surface area contributed by atoms with Crippen molar-refractivity contribution in [2.75, 3.05) is 0 Å². The van der Waals surface area contributed by atoms with Crippen molar-refractivity contribution in [2.24, 2.45) is 0 Å². The minimum absolute atomic E-state index is 0.212. The van der Waals surface area contributed by atoms with Crippen LogP contribution in [0, 0.1) is 18.7 Å². The predicted octanol–water partition coefficient (Wildman–Crippen LogP) is 5.77. The first-order valence-electron chi connectivity index (χ1n) is 12.7. The largest absolute Gasteiger partial charge is 0.492 e. The van der Waals surface area contributed by atoms with Gasteiger partial charge in [0.2, 0.25) is 21.7 Å². The molecule has 2 aromatic heterocycles. The lowest BCUT2D eigenvalue weighted by molar-refractivity contribution is 0.406. The Morgan fingerprint density at radius 1 is 0.949 bits per heavy atom. The summed E-state index contributed by atoms with van der Waals surface area (Å²) in [5.74, 6) is -1.67.